The fourth-order valence-electron chi connectivity index (χ4n) is 3.67. The molecule has 0 amide bonds. The molecule has 10 heteroatoms. The van der Waals surface area contributed by atoms with Gasteiger partial charge in [0.25, 0.3) is 0 Å². The summed E-state index contributed by atoms with van der Waals surface area (Å²) in [6.07, 6.45) is -4.00. The van der Waals surface area contributed by atoms with Crippen molar-refractivity contribution in [3.05, 3.63) is 72.1 Å². The van der Waals surface area contributed by atoms with Gasteiger partial charge in [0.1, 0.15) is 17.6 Å². The van der Waals surface area contributed by atoms with Gasteiger partial charge in [0.15, 0.2) is 0 Å². The van der Waals surface area contributed by atoms with Crippen molar-refractivity contribution < 1.29 is 26.3 Å². The number of aliphatic imine (C=N–C) groups is 1. The summed E-state index contributed by atoms with van der Waals surface area (Å²) < 4.78 is 80.6. The minimum absolute atomic E-state index is 0.00532. The lowest BCUT2D eigenvalue weighted by atomic mass is 9.78. The van der Waals surface area contributed by atoms with Crippen LogP contribution in [0.1, 0.15) is 24.0 Å². The lowest BCUT2D eigenvalue weighted by Crippen LogP contribution is -2.44. The highest BCUT2D eigenvalue weighted by atomic mass is 19.4. The molecular weight excluding hydrogens is 446 g/mol. The molecule has 1 aliphatic rings. The third-order valence-electron chi connectivity index (χ3n) is 5.73. The summed E-state index contributed by atoms with van der Waals surface area (Å²) in [4.78, 5) is 12.1. The Bertz CT molecular complexity index is 1210. The fourth-order valence-corrected chi connectivity index (χ4v) is 3.67. The zero-order valence-corrected chi connectivity index (χ0v) is 17.2. The van der Waals surface area contributed by atoms with Crippen molar-refractivity contribution in [2.24, 2.45) is 4.99 Å². The van der Waals surface area contributed by atoms with Gasteiger partial charge in [0.05, 0.1) is 18.0 Å². The first-order valence-corrected chi connectivity index (χ1v) is 9.94. The molecule has 2 unspecified atom stereocenters. The number of alkyl halides is 6. The second kappa shape index (κ2) is 8.17. The number of rotatable bonds is 4. The normalized spacial score (nSPS) is 19.6. The molecule has 2 heterocycles. The first kappa shape index (κ1) is 22.8. The van der Waals surface area contributed by atoms with Gasteiger partial charge in [-0.25, -0.2) is 9.97 Å². The number of dihydropyridines is 1. The van der Waals surface area contributed by atoms with Crippen LogP contribution < -0.4 is 5.32 Å². The monoisotopic (exact) mass is 464 g/mol. The largest absolute Gasteiger partial charge is 0.403 e. The number of nitrogens with zero attached hydrogens (tertiary/aromatic N) is 3. The fraction of sp³-hybridized carbons (Fsp3) is 0.261. The van der Waals surface area contributed by atoms with Gasteiger partial charge < -0.3 is 5.32 Å². The molecule has 0 spiro atoms. The number of anilines is 2. The molecule has 0 fully saturated rings. The highest BCUT2D eigenvalue weighted by Gasteiger charge is 2.54. The van der Waals surface area contributed by atoms with E-state index in [0.717, 1.165) is 13.0 Å². The van der Waals surface area contributed by atoms with Crippen molar-refractivity contribution in [1.82, 2.24) is 9.97 Å². The summed E-state index contributed by atoms with van der Waals surface area (Å²) >= 11 is 0. The van der Waals surface area contributed by atoms with Gasteiger partial charge in [-0.1, -0.05) is 24.3 Å². The van der Waals surface area contributed by atoms with E-state index in [1.54, 1.807) is 0 Å². The second-order valence-electron chi connectivity index (χ2n) is 7.78. The van der Waals surface area contributed by atoms with Crippen LogP contribution in [0, 0.1) is 0 Å². The molecule has 0 saturated heterocycles. The van der Waals surface area contributed by atoms with E-state index in [2.05, 4.69) is 20.3 Å². The zero-order chi connectivity index (χ0) is 23.9. The molecule has 2 atom stereocenters. The summed E-state index contributed by atoms with van der Waals surface area (Å²) in [6.45, 7) is 0.621. The Morgan fingerprint density at radius 3 is 2.30 bits per heavy atom. The maximum atomic E-state index is 14.0. The van der Waals surface area contributed by atoms with Crippen molar-refractivity contribution in [1.29, 1.82) is 0 Å². The minimum Gasteiger partial charge on any atom is -0.340 e. The van der Waals surface area contributed by atoms with Gasteiger partial charge >= 0.3 is 12.4 Å². The van der Waals surface area contributed by atoms with Crippen LogP contribution >= 0.6 is 0 Å². The number of benzene rings is 2. The Morgan fingerprint density at radius 1 is 0.970 bits per heavy atom. The Labute approximate surface area is 185 Å². The van der Waals surface area contributed by atoms with Crippen LogP contribution in [0.5, 0.6) is 0 Å². The maximum absolute atomic E-state index is 14.0. The number of aromatic nitrogens is 2. The molecule has 0 aliphatic carbocycles. The smallest absolute Gasteiger partial charge is 0.340 e. The van der Waals surface area contributed by atoms with E-state index < -0.39 is 30.2 Å². The van der Waals surface area contributed by atoms with E-state index >= 15 is 0 Å². The highest BCUT2D eigenvalue weighted by molar-refractivity contribution is 5.91. The molecule has 3 aromatic rings. The van der Waals surface area contributed by atoms with Gasteiger partial charge in [-0.2, -0.15) is 26.3 Å². The zero-order valence-electron chi connectivity index (χ0n) is 17.2. The summed E-state index contributed by atoms with van der Waals surface area (Å²) in [6, 6.07) is 9.92. The summed E-state index contributed by atoms with van der Waals surface area (Å²) in [5.41, 5.74) is -1.36. The Kier molecular flexibility index (Phi) is 5.63. The Morgan fingerprint density at radius 2 is 1.70 bits per heavy atom. The first-order valence-electron chi connectivity index (χ1n) is 9.94. The molecule has 1 aliphatic heterocycles. The third-order valence-corrected chi connectivity index (χ3v) is 5.73. The Hall–Kier alpha value is -3.43. The van der Waals surface area contributed by atoms with E-state index in [1.165, 1.54) is 61.1 Å². The number of allylic oxidation sites excluding steroid dienone is 1. The molecule has 4 nitrogen and oxygen atoms in total. The van der Waals surface area contributed by atoms with Crippen molar-refractivity contribution in [3.8, 4) is 0 Å². The number of nitrogens with one attached hydrogen (secondary N) is 1. The molecule has 0 saturated carbocycles. The second-order valence-corrected chi connectivity index (χ2v) is 7.78. The van der Waals surface area contributed by atoms with Crippen LogP contribution in [0.4, 0.5) is 37.8 Å². The average molecular weight is 464 g/mol. The topological polar surface area (TPSA) is 50.2 Å². The third kappa shape index (κ3) is 4.29. The first-order chi connectivity index (χ1) is 15.5. The number of hydrogen-bond donors (Lipinski definition) is 1. The van der Waals surface area contributed by atoms with Gasteiger partial charge in [-0.05, 0) is 48.4 Å². The number of fused-ring (bicyclic) bond motifs is 1. The molecule has 33 heavy (non-hydrogen) atoms. The quantitative estimate of drug-likeness (QED) is 0.450. The van der Waals surface area contributed by atoms with Gasteiger partial charge in [-0.15, -0.1) is 0 Å². The van der Waals surface area contributed by atoms with E-state index in [-0.39, 0.29) is 11.1 Å². The SMILES string of the molecule is CC(c1ccc(Nc2ncnc3cc(C4(C(F)(F)F)C=CC=NC4)ccc23)cc1)C(F)(F)F. The van der Waals surface area contributed by atoms with Crippen LogP contribution in [0.2, 0.25) is 0 Å². The summed E-state index contributed by atoms with van der Waals surface area (Å²) in [5, 5.41) is 3.47. The van der Waals surface area contributed by atoms with Crippen molar-refractivity contribution in [2.45, 2.75) is 30.6 Å². The molecule has 1 aromatic heterocycles. The van der Waals surface area contributed by atoms with E-state index in [4.69, 9.17) is 0 Å². The lowest BCUT2D eigenvalue weighted by Gasteiger charge is -2.33. The van der Waals surface area contributed by atoms with Crippen LogP contribution in [0.15, 0.2) is 65.9 Å². The Balaban J connectivity index is 1.66. The lowest BCUT2D eigenvalue weighted by molar-refractivity contribution is -0.173. The molecular formula is C23H18F6N4. The summed E-state index contributed by atoms with van der Waals surface area (Å²) in [5.74, 6) is -1.29. The molecule has 1 N–H and O–H groups in total. The number of hydrogen-bond acceptors (Lipinski definition) is 4. The van der Waals surface area contributed by atoms with Crippen molar-refractivity contribution >= 4 is 28.6 Å². The van der Waals surface area contributed by atoms with Gasteiger partial charge in [-0.3, -0.25) is 4.99 Å². The van der Waals surface area contributed by atoms with Crippen LogP contribution in [-0.2, 0) is 5.41 Å². The minimum atomic E-state index is -4.56. The van der Waals surface area contributed by atoms with Crippen LogP contribution in [0.3, 0.4) is 0 Å². The standard InChI is InChI=1S/C23H18F6N4/c1-14(22(24,25)26)15-3-6-17(7-4-15)33-20-18-8-5-16(11-19(18)31-13-32-20)21(23(27,28)29)9-2-10-30-12-21/h2-11,13-14H,12H2,1H3,(H,31,32,33). The number of halogens is 6. The van der Waals surface area contributed by atoms with Crippen LogP contribution in [-0.4, -0.2) is 35.1 Å². The van der Waals surface area contributed by atoms with Crippen LogP contribution in [0.25, 0.3) is 10.9 Å². The average Bonchev–Trinajstić information content (AvgIpc) is 2.78. The molecule has 4 rings (SSSR count). The van der Waals surface area contributed by atoms with Gasteiger partial charge in [0, 0.05) is 17.3 Å². The predicted octanol–water partition coefficient (Wildman–Crippen LogP) is 6.48. The van der Waals surface area contributed by atoms with E-state index in [0.29, 0.717) is 22.4 Å². The highest BCUT2D eigenvalue weighted by Crippen LogP contribution is 2.44. The molecule has 0 radical (unpaired) electrons. The predicted molar refractivity (Wildman–Crippen MR) is 114 cm³/mol. The van der Waals surface area contributed by atoms with E-state index in [1.807, 2.05) is 0 Å². The molecule has 2 aromatic carbocycles. The van der Waals surface area contributed by atoms with Crippen molar-refractivity contribution in [2.75, 3.05) is 11.9 Å². The van der Waals surface area contributed by atoms with Crippen molar-refractivity contribution in [3.63, 3.8) is 0 Å². The molecule has 172 valence electrons. The summed E-state index contributed by atoms with van der Waals surface area (Å²) in [7, 11) is 0. The van der Waals surface area contributed by atoms with E-state index in [9.17, 15) is 26.3 Å². The maximum Gasteiger partial charge on any atom is 0.403 e. The van der Waals surface area contributed by atoms with Gasteiger partial charge in [0.2, 0.25) is 0 Å². The molecule has 0 bridgehead atoms.